The minimum atomic E-state index is -0.696. The highest BCUT2D eigenvalue weighted by molar-refractivity contribution is 8.00. The van der Waals surface area contributed by atoms with Crippen LogP contribution in [-0.4, -0.2) is 34.4 Å². The van der Waals surface area contributed by atoms with E-state index >= 15 is 0 Å². The molecule has 0 unspecified atom stereocenters. The molecule has 3 nitrogen and oxygen atoms in total. The Morgan fingerprint density at radius 1 is 1.35 bits per heavy atom. The summed E-state index contributed by atoms with van der Waals surface area (Å²) in [6, 6.07) is 2.30. The lowest BCUT2D eigenvalue weighted by Gasteiger charge is -2.40. The third kappa shape index (κ3) is 2.44. The summed E-state index contributed by atoms with van der Waals surface area (Å²) in [5, 5.41) is 9.34. The fourth-order valence-corrected chi connectivity index (χ4v) is 3.96. The third-order valence-corrected chi connectivity index (χ3v) is 5.09. The Bertz CT molecular complexity index is 353. The van der Waals surface area contributed by atoms with Crippen LogP contribution in [0.4, 0.5) is 0 Å². The molecule has 2 rings (SSSR count). The molecule has 0 spiro atoms. The molecule has 0 bridgehead atoms. The molecule has 0 aromatic rings. The second kappa shape index (κ2) is 4.53. The van der Waals surface area contributed by atoms with Gasteiger partial charge in [0.05, 0.1) is 6.07 Å². The molecular formula is C13H20N2OS. The first-order valence-electron chi connectivity index (χ1n) is 6.34. The zero-order valence-electron chi connectivity index (χ0n) is 10.7. The molecule has 2 fully saturated rings. The van der Waals surface area contributed by atoms with E-state index in [1.165, 1.54) is 0 Å². The lowest BCUT2D eigenvalue weighted by molar-refractivity contribution is -0.139. The normalized spacial score (nSPS) is 26.5. The highest BCUT2D eigenvalue weighted by Gasteiger charge is 2.45. The van der Waals surface area contributed by atoms with E-state index in [0.29, 0.717) is 0 Å². The number of carbonyl (C=O) groups is 1. The predicted molar refractivity (Wildman–Crippen MR) is 69.6 cm³/mol. The van der Waals surface area contributed by atoms with Gasteiger partial charge in [-0.3, -0.25) is 4.79 Å². The van der Waals surface area contributed by atoms with Gasteiger partial charge in [-0.2, -0.15) is 17.0 Å². The van der Waals surface area contributed by atoms with Gasteiger partial charge in [0.1, 0.15) is 5.41 Å². The van der Waals surface area contributed by atoms with Crippen LogP contribution in [0.1, 0.15) is 39.5 Å². The lowest BCUT2D eigenvalue weighted by Crippen LogP contribution is -2.51. The lowest BCUT2D eigenvalue weighted by atomic mass is 9.86. The van der Waals surface area contributed by atoms with Gasteiger partial charge in [-0.05, 0) is 26.7 Å². The monoisotopic (exact) mass is 252 g/mol. The number of nitriles is 1. The molecule has 1 saturated carbocycles. The second-order valence-corrected chi connectivity index (χ2v) is 7.54. The van der Waals surface area contributed by atoms with Gasteiger partial charge in [-0.25, -0.2) is 0 Å². The van der Waals surface area contributed by atoms with Crippen molar-refractivity contribution in [2.75, 3.05) is 18.8 Å². The van der Waals surface area contributed by atoms with Crippen LogP contribution in [0, 0.1) is 16.7 Å². The fourth-order valence-electron chi connectivity index (χ4n) is 2.84. The molecule has 1 aliphatic heterocycles. The van der Waals surface area contributed by atoms with E-state index in [1.54, 1.807) is 0 Å². The highest BCUT2D eigenvalue weighted by atomic mass is 32.2. The Morgan fingerprint density at radius 2 is 2.00 bits per heavy atom. The van der Waals surface area contributed by atoms with Crippen molar-refractivity contribution in [2.45, 2.75) is 44.3 Å². The predicted octanol–water partition coefficient (Wildman–Crippen LogP) is 2.42. The average Bonchev–Trinajstić information content (AvgIpc) is 2.76. The second-order valence-electron chi connectivity index (χ2n) is 5.74. The minimum absolute atomic E-state index is 0.0888. The van der Waals surface area contributed by atoms with Crippen molar-refractivity contribution in [2.24, 2.45) is 5.41 Å². The quantitative estimate of drug-likeness (QED) is 0.720. The fraction of sp³-hybridized carbons (Fsp3) is 0.846. The molecule has 4 heteroatoms. The zero-order chi connectivity index (χ0) is 12.5. The Balaban J connectivity index is 2.12. The van der Waals surface area contributed by atoms with Crippen LogP contribution >= 0.6 is 11.8 Å². The van der Waals surface area contributed by atoms with Gasteiger partial charge in [0.2, 0.25) is 5.91 Å². The van der Waals surface area contributed by atoms with Crippen LogP contribution in [0.15, 0.2) is 0 Å². The van der Waals surface area contributed by atoms with Crippen LogP contribution in [0.3, 0.4) is 0 Å². The molecule has 0 radical (unpaired) electrons. The number of thioether (sulfide) groups is 1. The molecule has 0 aromatic heterocycles. The van der Waals surface area contributed by atoms with E-state index in [2.05, 4.69) is 19.9 Å². The van der Waals surface area contributed by atoms with E-state index in [0.717, 1.165) is 44.5 Å². The van der Waals surface area contributed by atoms with Crippen LogP contribution in [-0.2, 0) is 4.79 Å². The molecule has 17 heavy (non-hydrogen) atoms. The van der Waals surface area contributed by atoms with Crippen molar-refractivity contribution in [3.63, 3.8) is 0 Å². The molecule has 1 aliphatic carbocycles. The summed E-state index contributed by atoms with van der Waals surface area (Å²) in [6.07, 6.45) is 3.55. The molecule has 0 atom stereocenters. The summed E-state index contributed by atoms with van der Waals surface area (Å²) in [5.74, 6) is 1.08. The Kier molecular flexibility index (Phi) is 3.40. The number of rotatable bonds is 1. The largest absolute Gasteiger partial charge is 0.339 e. The molecule has 94 valence electrons. The maximum Gasteiger partial charge on any atom is 0.243 e. The van der Waals surface area contributed by atoms with Gasteiger partial charge < -0.3 is 4.90 Å². The summed E-state index contributed by atoms with van der Waals surface area (Å²) >= 11 is 1.91. The van der Waals surface area contributed by atoms with Crippen molar-refractivity contribution in [1.29, 1.82) is 5.26 Å². The molecule has 1 saturated heterocycles. The standard InChI is InChI=1S/C13H20N2OS/c1-12(2)10-15(7-8-17-12)11(16)13(9-14)5-3-4-6-13/h3-8,10H2,1-2H3. The van der Waals surface area contributed by atoms with Crippen LogP contribution in [0.2, 0.25) is 0 Å². The molecule has 0 aromatic carbocycles. The molecule has 0 N–H and O–H groups in total. The average molecular weight is 252 g/mol. The van der Waals surface area contributed by atoms with Crippen LogP contribution in [0.5, 0.6) is 0 Å². The topological polar surface area (TPSA) is 44.1 Å². The number of carbonyl (C=O) groups excluding carboxylic acids is 1. The van der Waals surface area contributed by atoms with Gasteiger partial charge in [0.25, 0.3) is 0 Å². The van der Waals surface area contributed by atoms with Crippen LogP contribution < -0.4 is 0 Å². The van der Waals surface area contributed by atoms with Gasteiger partial charge in [0.15, 0.2) is 0 Å². The SMILES string of the molecule is CC1(C)CN(C(=O)C2(C#N)CCCC2)CCS1. The first kappa shape index (κ1) is 12.8. The Labute approximate surface area is 108 Å². The number of amides is 1. The van der Waals surface area contributed by atoms with E-state index in [4.69, 9.17) is 0 Å². The summed E-state index contributed by atoms with van der Waals surface area (Å²) in [6.45, 7) is 5.92. The number of hydrogen-bond donors (Lipinski definition) is 0. The van der Waals surface area contributed by atoms with Gasteiger partial charge >= 0.3 is 0 Å². The van der Waals surface area contributed by atoms with E-state index < -0.39 is 5.41 Å². The molecular weight excluding hydrogens is 232 g/mol. The van der Waals surface area contributed by atoms with Crippen LogP contribution in [0.25, 0.3) is 0 Å². The highest BCUT2D eigenvalue weighted by Crippen LogP contribution is 2.40. The summed E-state index contributed by atoms with van der Waals surface area (Å²) in [5.41, 5.74) is -0.696. The van der Waals surface area contributed by atoms with Crippen molar-refractivity contribution in [3.05, 3.63) is 0 Å². The number of nitrogens with zero attached hydrogens (tertiary/aromatic N) is 2. The van der Waals surface area contributed by atoms with E-state index in [9.17, 15) is 10.1 Å². The molecule has 2 aliphatic rings. The summed E-state index contributed by atoms with van der Waals surface area (Å²) in [4.78, 5) is 14.5. The Morgan fingerprint density at radius 3 is 2.53 bits per heavy atom. The maximum absolute atomic E-state index is 12.5. The van der Waals surface area contributed by atoms with Crippen molar-refractivity contribution >= 4 is 17.7 Å². The summed E-state index contributed by atoms with van der Waals surface area (Å²) in [7, 11) is 0. The van der Waals surface area contributed by atoms with Crippen molar-refractivity contribution in [3.8, 4) is 6.07 Å². The van der Waals surface area contributed by atoms with E-state index in [1.807, 2.05) is 16.7 Å². The zero-order valence-corrected chi connectivity index (χ0v) is 11.5. The summed E-state index contributed by atoms with van der Waals surface area (Å²) < 4.78 is 0.128. The van der Waals surface area contributed by atoms with Crippen molar-refractivity contribution in [1.82, 2.24) is 4.90 Å². The van der Waals surface area contributed by atoms with Gasteiger partial charge in [-0.15, -0.1) is 0 Å². The maximum atomic E-state index is 12.5. The Hall–Kier alpha value is -0.690. The smallest absolute Gasteiger partial charge is 0.243 e. The molecule has 1 heterocycles. The molecule has 1 amide bonds. The van der Waals surface area contributed by atoms with Crippen molar-refractivity contribution < 1.29 is 4.79 Å². The first-order chi connectivity index (χ1) is 7.99. The first-order valence-corrected chi connectivity index (χ1v) is 7.32. The third-order valence-electron chi connectivity index (χ3n) is 3.79. The minimum Gasteiger partial charge on any atom is -0.339 e. The number of hydrogen-bond acceptors (Lipinski definition) is 3. The van der Waals surface area contributed by atoms with E-state index in [-0.39, 0.29) is 10.7 Å². The van der Waals surface area contributed by atoms with Gasteiger partial charge in [0, 0.05) is 23.6 Å². The van der Waals surface area contributed by atoms with Gasteiger partial charge in [-0.1, -0.05) is 12.8 Å².